The van der Waals surface area contributed by atoms with Crippen molar-refractivity contribution in [2.75, 3.05) is 0 Å². The molecule has 0 aliphatic heterocycles. The lowest BCUT2D eigenvalue weighted by Gasteiger charge is -2.07. The second-order valence-electron chi connectivity index (χ2n) is 4.08. The van der Waals surface area contributed by atoms with Crippen molar-refractivity contribution < 1.29 is 5.11 Å². The molecule has 14 heavy (non-hydrogen) atoms. The Labute approximate surface area is 85.0 Å². The monoisotopic (exact) mass is 190 g/mol. The molecule has 1 saturated carbocycles. The molecule has 1 heterocycles. The van der Waals surface area contributed by atoms with Crippen molar-refractivity contribution in [2.24, 2.45) is 5.92 Å². The lowest BCUT2D eigenvalue weighted by molar-refractivity contribution is 0.447. The molecular weight excluding hydrogens is 174 g/mol. The Morgan fingerprint density at radius 3 is 2.93 bits per heavy atom. The second-order valence-corrected chi connectivity index (χ2v) is 4.08. The predicted octanol–water partition coefficient (Wildman–Crippen LogP) is 2.71. The van der Waals surface area contributed by atoms with Crippen LogP contribution in [0.3, 0.4) is 0 Å². The minimum absolute atomic E-state index is 0.116. The first-order valence-corrected chi connectivity index (χ1v) is 5.41. The lowest BCUT2D eigenvalue weighted by Crippen LogP contribution is -1.98. The van der Waals surface area contributed by atoms with Crippen LogP contribution in [-0.2, 0) is 6.42 Å². The standard InChI is InChI=1S/C12H16NO/c14-12-7-3-6-11(13-12)9-8-10-4-1-2-5-10/h3,7,10H,1-2,4-5,8-9H2,(H,13,14). The number of hydrogen-bond donors (Lipinski definition) is 1. The third kappa shape index (κ3) is 2.47. The zero-order chi connectivity index (χ0) is 9.80. The van der Waals surface area contributed by atoms with Crippen molar-refractivity contribution in [3.63, 3.8) is 0 Å². The zero-order valence-corrected chi connectivity index (χ0v) is 8.37. The van der Waals surface area contributed by atoms with Crippen LogP contribution >= 0.6 is 0 Å². The van der Waals surface area contributed by atoms with Gasteiger partial charge in [-0.2, -0.15) is 0 Å². The topological polar surface area (TPSA) is 33.1 Å². The molecule has 1 N–H and O–H groups in total. The molecule has 1 aromatic rings. The summed E-state index contributed by atoms with van der Waals surface area (Å²) in [5, 5.41) is 9.17. The van der Waals surface area contributed by atoms with Crippen molar-refractivity contribution in [3.8, 4) is 5.88 Å². The van der Waals surface area contributed by atoms with Crippen LogP contribution in [0, 0.1) is 12.0 Å². The highest BCUT2D eigenvalue weighted by Gasteiger charge is 2.14. The molecular formula is C12H16NO. The fourth-order valence-electron chi connectivity index (χ4n) is 2.19. The molecule has 2 rings (SSSR count). The van der Waals surface area contributed by atoms with Crippen LogP contribution in [0.25, 0.3) is 0 Å². The molecule has 0 amide bonds. The molecule has 1 radical (unpaired) electrons. The maximum atomic E-state index is 9.17. The Bertz CT molecular complexity index is 292. The molecule has 0 bridgehead atoms. The van der Waals surface area contributed by atoms with Crippen molar-refractivity contribution in [1.82, 2.24) is 4.98 Å². The summed E-state index contributed by atoms with van der Waals surface area (Å²) in [5.74, 6) is 0.998. The van der Waals surface area contributed by atoms with E-state index in [0.29, 0.717) is 0 Å². The Morgan fingerprint density at radius 2 is 2.21 bits per heavy atom. The van der Waals surface area contributed by atoms with Gasteiger partial charge in [-0.25, -0.2) is 4.98 Å². The van der Waals surface area contributed by atoms with Gasteiger partial charge in [0.05, 0.1) is 5.69 Å². The third-order valence-corrected chi connectivity index (χ3v) is 3.00. The average Bonchev–Trinajstić information content (AvgIpc) is 2.67. The Kier molecular flexibility index (Phi) is 3.02. The number of aromatic hydroxyl groups is 1. The van der Waals surface area contributed by atoms with E-state index in [9.17, 15) is 5.11 Å². The number of aryl methyl sites for hydroxylation is 1. The minimum Gasteiger partial charge on any atom is -0.493 e. The smallest absolute Gasteiger partial charge is 0.210 e. The van der Waals surface area contributed by atoms with E-state index < -0.39 is 0 Å². The van der Waals surface area contributed by atoms with E-state index in [1.54, 1.807) is 12.1 Å². The highest BCUT2D eigenvalue weighted by molar-refractivity contribution is 5.13. The number of rotatable bonds is 3. The van der Waals surface area contributed by atoms with Crippen molar-refractivity contribution >= 4 is 0 Å². The molecule has 75 valence electrons. The summed E-state index contributed by atoms with van der Waals surface area (Å²) < 4.78 is 0. The van der Waals surface area contributed by atoms with Crippen LogP contribution in [-0.4, -0.2) is 10.1 Å². The molecule has 1 aliphatic rings. The summed E-state index contributed by atoms with van der Waals surface area (Å²) in [6.45, 7) is 0. The largest absolute Gasteiger partial charge is 0.493 e. The van der Waals surface area contributed by atoms with Crippen LogP contribution in [0.15, 0.2) is 12.1 Å². The maximum Gasteiger partial charge on any atom is 0.210 e. The van der Waals surface area contributed by atoms with E-state index in [2.05, 4.69) is 11.1 Å². The maximum absolute atomic E-state index is 9.17. The molecule has 1 aliphatic carbocycles. The fraction of sp³-hybridized carbons (Fsp3) is 0.583. The molecule has 0 spiro atoms. The van der Waals surface area contributed by atoms with Gasteiger partial charge in [0.25, 0.3) is 0 Å². The van der Waals surface area contributed by atoms with Crippen LogP contribution in [0.2, 0.25) is 0 Å². The van der Waals surface area contributed by atoms with Gasteiger partial charge in [0, 0.05) is 12.1 Å². The molecule has 1 aromatic heterocycles. The van der Waals surface area contributed by atoms with E-state index in [-0.39, 0.29) is 5.88 Å². The van der Waals surface area contributed by atoms with E-state index in [0.717, 1.165) is 18.0 Å². The summed E-state index contributed by atoms with van der Waals surface area (Å²) in [7, 11) is 0. The number of aromatic nitrogens is 1. The van der Waals surface area contributed by atoms with Crippen molar-refractivity contribution in [1.29, 1.82) is 0 Å². The van der Waals surface area contributed by atoms with Crippen molar-refractivity contribution in [2.45, 2.75) is 38.5 Å². The van der Waals surface area contributed by atoms with E-state index in [1.165, 1.54) is 32.1 Å². The highest BCUT2D eigenvalue weighted by Crippen LogP contribution is 2.28. The predicted molar refractivity (Wildman–Crippen MR) is 55.0 cm³/mol. The highest BCUT2D eigenvalue weighted by atomic mass is 16.3. The Morgan fingerprint density at radius 1 is 1.43 bits per heavy atom. The molecule has 0 saturated heterocycles. The van der Waals surface area contributed by atoms with Gasteiger partial charge in [0.15, 0.2) is 0 Å². The van der Waals surface area contributed by atoms with Gasteiger partial charge in [0.1, 0.15) is 0 Å². The van der Waals surface area contributed by atoms with Crippen LogP contribution in [0.1, 0.15) is 37.8 Å². The molecule has 2 nitrogen and oxygen atoms in total. The molecule has 0 unspecified atom stereocenters. The molecule has 1 fully saturated rings. The van der Waals surface area contributed by atoms with Crippen LogP contribution in [0.5, 0.6) is 5.88 Å². The van der Waals surface area contributed by atoms with E-state index >= 15 is 0 Å². The van der Waals surface area contributed by atoms with Gasteiger partial charge in [-0.15, -0.1) is 0 Å². The Balaban J connectivity index is 1.85. The summed E-state index contributed by atoms with van der Waals surface area (Å²) in [6, 6.07) is 6.37. The van der Waals surface area contributed by atoms with Crippen molar-refractivity contribution in [3.05, 3.63) is 23.9 Å². The summed E-state index contributed by atoms with van der Waals surface area (Å²) in [6.07, 6.45) is 7.69. The second kappa shape index (κ2) is 4.45. The SMILES string of the molecule is Oc1cc[c]c(CCC2CCCC2)n1. The lowest BCUT2D eigenvalue weighted by atomic mass is 10.0. The number of nitrogens with zero attached hydrogens (tertiary/aromatic N) is 1. The minimum atomic E-state index is 0.116. The van der Waals surface area contributed by atoms with Gasteiger partial charge in [0.2, 0.25) is 5.88 Å². The summed E-state index contributed by atoms with van der Waals surface area (Å²) in [4.78, 5) is 4.03. The number of hydrogen-bond acceptors (Lipinski definition) is 2. The zero-order valence-electron chi connectivity index (χ0n) is 8.37. The average molecular weight is 190 g/mol. The Hall–Kier alpha value is -1.05. The van der Waals surface area contributed by atoms with E-state index in [4.69, 9.17) is 0 Å². The summed E-state index contributed by atoms with van der Waals surface area (Å²) >= 11 is 0. The van der Waals surface area contributed by atoms with Gasteiger partial charge >= 0.3 is 0 Å². The first-order valence-electron chi connectivity index (χ1n) is 5.41. The normalized spacial score (nSPS) is 17.4. The summed E-state index contributed by atoms with van der Waals surface area (Å²) in [5.41, 5.74) is 0.900. The first-order chi connectivity index (χ1) is 6.84. The van der Waals surface area contributed by atoms with Gasteiger partial charge < -0.3 is 5.11 Å². The quantitative estimate of drug-likeness (QED) is 0.795. The van der Waals surface area contributed by atoms with Gasteiger partial charge in [-0.05, 0) is 24.8 Å². The molecule has 0 atom stereocenters. The van der Waals surface area contributed by atoms with Gasteiger partial charge in [-0.3, -0.25) is 0 Å². The van der Waals surface area contributed by atoms with E-state index in [1.807, 2.05) is 0 Å². The van der Waals surface area contributed by atoms with Crippen LogP contribution < -0.4 is 0 Å². The fourth-order valence-corrected chi connectivity index (χ4v) is 2.19. The number of pyridine rings is 1. The third-order valence-electron chi connectivity index (χ3n) is 3.00. The first kappa shape index (κ1) is 9.50. The van der Waals surface area contributed by atoms with Gasteiger partial charge in [-0.1, -0.05) is 25.7 Å². The van der Waals surface area contributed by atoms with Crippen LogP contribution in [0.4, 0.5) is 0 Å². The molecule has 0 aromatic carbocycles. The molecule has 2 heteroatoms.